The van der Waals surface area contributed by atoms with Gasteiger partial charge in [0.2, 0.25) is 0 Å². The molecule has 29 heavy (non-hydrogen) atoms. The molecular formula is C21H22F3N3O2. The molecule has 3 heterocycles. The number of hydrogen-bond donors (Lipinski definition) is 0. The van der Waals surface area contributed by atoms with Gasteiger partial charge in [0.05, 0.1) is 18.9 Å². The molecule has 0 spiro atoms. The van der Waals surface area contributed by atoms with Gasteiger partial charge >= 0.3 is 6.36 Å². The van der Waals surface area contributed by atoms with Crippen molar-refractivity contribution in [3.63, 3.8) is 0 Å². The van der Waals surface area contributed by atoms with Gasteiger partial charge in [-0.25, -0.2) is 4.99 Å². The first-order valence-electron chi connectivity index (χ1n) is 9.56. The molecule has 0 radical (unpaired) electrons. The van der Waals surface area contributed by atoms with Crippen LogP contribution >= 0.6 is 0 Å². The Morgan fingerprint density at radius 3 is 2.72 bits per heavy atom. The van der Waals surface area contributed by atoms with Gasteiger partial charge in [0, 0.05) is 36.7 Å². The van der Waals surface area contributed by atoms with E-state index in [9.17, 15) is 13.2 Å². The van der Waals surface area contributed by atoms with Crippen LogP contribution in [0.15, 0.2) is 59.5 Å². The van der Waals surface area contributed by atoms with Crippen LogP contribution in [0.25, 0.3) is 5.70 Å². The molecule has 4 rings (SSSR count). The SMILES string of the molecule is CC1C=C(c2cccc(OC(F)(F)F)c2)N2C=CN=C(N3CCOCC3)C2=CC1. The molecule has 3 aliphatic heterocycles. The van der Waals surface area contributed by atoms with Crippen LogP contribution in [-0.4, -0.2) is 48.3 Å². The Labute approximate surface area is 167 Å². The maximum absolute atomic E-state index is 12.7. The number of morpholine rings is 1. The minimum Gasteiger partial charge on any atom is -0.406 e. The first-order valence-corrected chi connectivity index (χ1v) is 9.56. The molecule has 1 aromatic rings. The lowest BCUT2D eigenvalue weighted by Gasteiger charge is -2.36. The van der Waals surface area contributed by atoms with Crippen molar-refractivity contribution in [3.8, 4) is 5.75 Å². The molecule has 1 atom stereocenters. The number of amidine groups is 1. The van der Waals surface area contributed by atoms with Gasteiger partial charge in [0.25, 0.3) is 0 Å². The topological polar surface area (TPSA) is 37.3 Å². The van der Waals surface area contributed by atoms with Gasteiger partial charge in [-0.05, 0) is 24.5 Å². The second-order valence-electron chi connectivity index (χ2n) is 7.15. The van der Waals surface area contributed by atoms with E-state index in [0.717, 1.165) is 36.7 Å². The Hall–Kier alpha value is -2.74. The number of aliphatic imine (C=N–C) groups is 1. The zero-order valence-electron chi connectivity index (χ0n) is 16.0. The fourth-order valence-corrected chi connectivity index (χ4v) is 3.65. The maximum atomic E-state index is 12.7. The minimum absolute atomic E-state index is 0.217. The molecule has 5 nitrogen and oxygen atoms in total. The number of hydrogen-bond acceptors (Lipinski definition) is 5. The zero-order valence-corrected chi connectivity index (χ0v) is 16.0. The first kappa shape index (κ1) is 19.6. The summed E-state index contributed by atoms with van der Waals surface area (Å²) in [5.41, 5.74) is 2.40. The van der Waals surface area contributed by atoms with E-state index in [0.29, 0.717) is 18.8 Å². The van der Waals surface area contributed by atoms with Crippen LogP contribution < -0.4 is 4.74 Å². The van der Waals surface area contributed by atoms with E-state index in [1.165, 1.54) is 12.1 Å². The summed E-state index contributed by atoms with van der Waals surface area (Å²) in [7, 11) is 0. The summed E-state index contributed by atoms with van der Waals surface area (Å²) >= 11 is 0. The smallest absolute Gasteiger partial charge is 0.406 e. The molecule has 0 aliphatic carbocycles. The summed E-state index contributed by atoms with van der Waals surface area (Å²) in [5.74, 6) is 0.842. The third-order valence-electron chi connectivity index (χ3n) is 4.96. The third-order valence-corrected chi connectivity index (χ3v) is 4.96. The van der Waals surface area contributed by atoms with Crippen molar-refractivity contribution >= 4 is 11.5 Å². The normalized spacial score (nSPS) is 22.3. The molecule has 0 amide bonds. The van der Waals surface area contributed by atoms with Crippen LogP contribution in [0.2, 0.25) is 0 Å². The molecule has 1 aromatic carbocycles. The van der Waals surface area contributed by atoms with Crippen LogP contribution in [0.4, 0.5) is 13.2 Å². The molecule has 1 fully saturated rings. The van der Waals surface area contributed by atoms with Crippen molar-refractivity contribution < 1.29 is 22.6 Å². The average molecular weight is 405 g/mol. The summed E-state index contributed by atoms with van der Waals surface area (Å²) in [6, 6.07) is 6.09. The van der Waals surface area contributed by atoms with Gasteiger partial charge in [-0.2, -0.15) is 0 Å². The number of alkyl halides is 3. The predicted octanol–water partition coefficient (Wildman–Crippen LogP) is 4.37. The van der Waals surface area contributed by atoms with Crippen LogP contribution in [0.3, 0.4) is 0 Å². The van der Waals surface area contributed by atoms with E-state index in [4.69, 9.17) is 4.74 Å². The van der Waals surface area contributed by atoms with Crippen molar-refractivity contribution in [2.45, 2.75) is 19.7 Å². The van der Waals surface area contributed by atoms with Crippen molar-refractivity contribution in [2.75, 3.05) is 26.3 Å². The van der Waals surface area contributed by atoms with Crippen LogP contribution in [0.5, 0.6) is 5.75 Å². The Bertz CT molecular complexity index is 883. The number of rotatable bonds is 2. The number of ether oxygens (including phenoxy) is 2. The number of nitrogens with zero attached hydrogens (tertiary/aromatic N) is 3. The second kappa shape index (κ2) is 7.94. The summed E-state index contributed by atoms with van der Waals surface area (Å²) in [5, 5.41) is 0. The van der Waals surface area contributed by atoms with Gasteiger partial charge in [-0.1, -0.05) is 31.2 Å². The van der Waals surface area contributed by atoms with Crippen LogP contribution in [0.1, 0.15) is 18.9 Å². The highest BCUT2D eigenvalue weighted by Gasteiger charge is 2.32. The Morgan fingerprint density at radius 2 is 1.97 bits per heavy atom. The lowest BCUT2D eigenvalue weighted by Crippen LogP contribution is -2.44. The molecule has 3 aliphatic rings. The van der Waals surface area contributed by atoms with Crippen molar-refractivity contribution in [3.05, 3.63) is 60.1 Å². The van der Waals surface area contributed by atoms with E-state index >= 15 is 0 Å². The molecule has 154 valence electrons. The van der Waals surface area contributed by atoms with Crippen molar-refractivity contribution in [2.24, 2.45) is 10.9 Å². The van der Waals surface area contributed by atoms with Crippen molar-refractivity contribution in [1.82, 2.24) is 9.80 Å². The Kier molecular flexibility index (Phi) is 5.36. The van der Waals surface area contributed by atoms with Gasteiger partial charge < -0.3 is 19.3 Å². The largest absolute Gasteiger partial charge is 0.573 e. The summed E-state index contributed by atoms with van der Waals surface area (Å²) in [6.45, 7) is 4.88. The number of allylic oxidation sites excluding steroid dienone is 2. The van der Waals surface area contributed by atoms with E-state index in [2.05, 4.69) is 33.7 Å². The van der Waals surface area contributed by atoms with Gasteiger partial charge in [-0.3, -0.25) is 0 Å². The monoisotopic (exact) mass is 405 g/mol. The highest BCUT2D eigenvalue weighted by molar-refractivity contribution is 6.01. The lowest BCUT2D eigenvalue weighted by molar-refractivity contribution is -0.274. The maximum Gasteiger partial charge on any atom is 0.573 e. The third kappa shape index (κ3) is 4.48. The molecule has 0 aromatic heterocycles. The number of fused-ring (bicyclic) bond motifs is 1. The molecule has 0 saturated carbocycles. The average Bonchev–Trinajstić information content (AvgIpc) is 2.86. The molecule has 8 heteroatoms. The zero-order chi connectivity index (χ0) is 20.4. The number of halogens is 3. The molecule has 1 saturated heterocycles. The molecular weight excluding hydrogens is 383 g/mol. The van der Waals surface area contributed by atoms with Crippen molar-refractivity contribution in [1.29, 1.82) is 0 Å². The fourth-order valence-electron chi connectivity index (χ4n) is 3.65. The standard InChI is InChI=1S/C21H22F3N3O2/c1-15-5-6-18-20(26-9-11-28-12-10-26)25-7-8-27(18)19(13-15)16-3-2-4-17(14-16)29-21(22,23)24/h2-4,6-8,13-15H,5,9-12H2,1H3. The highest BCUT2D eigenvalue weighted by Crippen LogP contribution is 2.35. The van der Waals surface area contributed by atoms with Gasteiger partial charge in [-0.15, -0.1) is 13.2 Å². The lowest BCUT2D eigenvalue weighted by atomic mass is 10.0. The molecule has 0 bridgehead atoms. The molecule has 1 unspecified atom stereocenters. The first-order chi connectivity index (χ1) is 13.9. The summed E-state index contributed by atoms with van der Waals surface area (Å²) < 4.78 is 47.6. The van der Waals surface area contributed by atoms with Crippen LogP contribution in [0, 0.1) is 5.92 Å². The molecule has 0 N–H and O–H groups in total. The van der Waals surface area contributed by atoms with Gasteiger partial charge in [0.15, 0.2) is 5.84 Å². The highest BCUT2D eigenvalue weighted by atomic mass is 19.4. The van der Waals surface area contributed by atoms with E-state index in [1.54, 1.807) is 18.3 Å². The Balaban J connectivity index is 1.68. The second-order valence-corrected chi connectivity index (χ2v) is 7.15. The Morgan fingerprint density at radius 1 is 1.17 bits per heavy atom. The summed E-state index contributed by atoms with van der Waals surface area (Å²) in [4.78, 5) is 8.77. The summed E-state index contributed by atoms with van der Waals surface area (Å²) in [6.07, 6.45) is 3.87. The predicted molar refractivity (Wildman–Crippen MR) is 104 cm³/mol. The minimum atomic E-state index is -4.73. The quantitative estimate of drug-likeness (QED) is 0.733. The van der Waals surface area contributed by atoms with Gasteiger partial charge in [0.1, 0.15) is 5.75 Å². The fraction of sp³-hybridized carbons (Fsp3) is 0.381. The van der Waals surface area contributed by atoms with Crippen LogP contribution in [-0.2, 0) is 4.74 Å². The van der Waals surface area contributed by atoms with E-state index < -0.39 is 6.36 Å². The van der Waals surface area contributed by atoms with E-state index in [1.807, 2.05) is 11.1 Å². The van der Waals surface area contributed by atoms with E-state index in [-0.39, 0.29) is 11.7 Å². The number of benzene rings is 1.